The molecule has 0 rings (SSSR count). The first-order chi connectivity index (χ1) is 21.8. The van der Waals surface area contributed by atoms with Gasteiger partial charge in [0.25, 0.3) is 5.91 Å². The summed E-state index contributed by atoms with van der Waals surface area (Å²) in [6.07, 6.45) is 5.44. The molecule has 21 heteroatoms. The summed E-state index contributed by atoms with van der Waals surface area (Å²) in [5.74, 6) is -2.62. The molecule has 0 aromatic carbocycles. The molecule has 5 amide bonds. The van der Waals surface area contributed by atoms with Gasteiger partial charge < -0.3 is 46.5 Å². The van der Waals surface area contributed by atoms with E-state index in [4.69, 9.17) is 15.9 Å². The first-order valence-electron chi connectivity index (χ1n) is 14.7. The van der Waals surface area contributed by atoms with Crippen LogP contribution in [0, 0.1) is 0 Å². The largest absolute Gasteiger partial charge is 0.480 e. The Kier molecular flexibility index (Phi) is 28.9. The molecule has 2 atom stereocenters. The molecule has 0 aliphatic rings. The number of amidine groups is 2. The lowest BCUT2D eigenvalue weighted by molar-refractivity contribution is -0.148. The first kappa shape index (κ1) is 48.4. The Bertz CT molecular complexity index is 1070. The van der Waals surface area contributed by atoms with E-state index in [9.17, 15) is 33.8 Å². The van der Waals surface area contributed by atoms with Gasteiger partial charge in [-0.25, -0.2) is 4.79 Å². The van der Waals surface area contributed by atoms with Crippen molar-refractivity contribution in [3.05, 3.63) is 0 Å². The van der Waals surface area contributed by atoms with E-state index in [2.05, 4.69) is 25.8 Å². The molecule has 0 spiro atoms. The van der Waals surface area contributed by atoms with Crippen LogP contribution in [0.3, 0.4) is 0 Å². The second kappa shape index (κ2) is 28.1. The second-order valence-corrected chi connectivity index (χ2v) is 11.5. The molecule has 17 nitrogen and oxygen atoms in total. The molecule has 0 radical (unpaired) electrons. The van der Waals surface area contributed by atoms with E-state index in [1.807, 2.05) is 13.8 Å². The van der Waals surface area contributed by atoms with Gasteiger partial charge in [-0.2, -0.15) is 9.98 Å². The molecular formula is C26H52B2N8O9S2. The van der Waals surface area contributed by atoms with Gasteiger partial charge in [0.1, 0.15) is 12.1 Å². The summed E-state index contributed by atoms with van der Waals surface area (Å²) >= 11 is 2.38. The number of nitrogens with zero attached hydrogens (tertiary/aromatic N) is 4. The molecule has 0 aromatic heterocycles. The lowest BCUT2D eigenvalue weighted by Crippen LogP contribution is -2.50. The van der Waals surface area contributed by atoms with Crippen LogP contribution in [0.2, 0.25) is 13.6 Å². The lowest BCUT2D eigenvalue weighted by Gasteiger charge is -2.26. The van der Waals surface area contributed by atoms with E-state index in [0.717, 1.165) is 11.8 Å². The number of carboxylic acids is 1. The molecule has 0 aliphatic heterocycles. The van der Waals surface area contributed by atoms with E-state index in [1.54, 1.807) is 12.5 Å². The summed E-state index contributed by atoms with van der Waals surface area (Å²) in [7, 11) is 1.37. The molecule has 0 fully saturated rings. The number of likely N-dealkylation sites (N-methyl/N-ethyl adjacent to an activating group) is 2. The number of nitrogens with two attached hydrogens (primary N) is 1. The molecule has 2 unspecified atom stereocenters. The molecule has 0 bridgehead atoms. The predicted octanol–water partition coefficient (Wildman–Crippen LogP) is -0.696. The van der Waals surface area contributed by atoms with Gasteiger partial charge in [-0.3, -0.25) is 24.0 Å². The first-order valence-corrected chi connectivity index (χ1v) is 17.1. The van der Waals surface area contributed by atoms with Crippen LogP contribution >= 0.6 is 23.5 Å². The zero-order valence-electron chi connectivity index (χ0n) is 29.0. The van der Waals surface area contributed by atoms with Crippen LogP contribution in [0.4, 0.5) is 0 Å². The number of carbonyl (C=O) groups excluding carboxylic acids is 5. The van der Waals surface area contributed by atoms with Crippen LogP contribution < -0.4 is 21.5 Å². The SMILES string of the molecule is CCCC(=O)N(C)C(CNB(C)O)C(=O)N=C(NC(C)=O)SC.CCCC(=O)N(C)C(CNB(C)O)C(=O)O.CSC(N)=NC(C)=O. The van der Waals surface area contributed by atoms with E-state index < -0.39 is 38.1 Å². The Hall–Kier alpha value is -2.97. The van der Waals surface area contributed by atoms with Gasteiger partial charge in [-0.1, -0.05) is 37.4 Å². The number of hydrogen-bond donors (Lipinski definition) is 7. The standard InChI is InChI=1S/C13H25BN4O4S.C9H19BN2O4.C4H8N2OS/c1-6-7-11(20)18(4)10(8-15-14(3)22)12(21)17-13(23-5)16-9(2)19;1-4-5-8(13)12(3)7(9(14)15)6-11-10(2)16;1-3(7)6-4(5)8-2/h10,15,22H,6-8H2,1-5H3,(H,16,17,19,21);7,11,16H,4-6H2,1-3H3,(H,14,15);1-2H3,(H2,5,6,7). The smallest absolute Gasteiger partial charge is 0.373 e. The van der Waals surface area contributed by atoms with E-state index in [0.29, 0.717) is 30.9 Å². The third kappa shape index (κ3) is 25.8. The minimum absolute atomic E-state index is 0.0267. The normalized spacial score (nSPS) is 12.2. The number of thioether (sulfide) groups is 2. The summed E-state index contributed by atoms with van der Waals surface area (Å²) in [6.45, 7) is 9.51. The van der Waals surface area contributed by atoms with Gasteiger partial charge in [0.15, 0.2) is 10.3 Å². The molecule has 47 heavy (non-hydrogen) atoms. The Morgan fingerprint density at radius 1 is 0.809 bits per heavy atom. The van der Waals surface area contributed by atoms with Crippen LogP contribution in [0.25, 0.3) is 0 Å². The van der Waals surface area contributed by atoms with E-state index in [-0.39, 0.29) is 41.9 Å². The lowest BCUT2D eigenvalue weighted by atomic mass is 9.88. The maximum Gasteiger partial charge on any atom is 0.373 e. The molecular weight excluding hydrogens is 654 g/mol. The monoisotopic (exact) mass is 706 g/mol. The van der Waals surface area contributed by atoms with Gasteiger partial charge in [0.2, 0.25) is 23.6 Å². The highest BCUT2D eigenvalue weighted by molar-refractivity contribution is 8.13. The van der Waals surface area contributed by atoms with Crippen LogP contribution in [0.5, 0.6) is 0 Å². The molecule has 0 saturated heterocycles. The topological polar surface area (TPSA) is 256 Å². The van der Waals surface area contributed by atoms with Crippen molar-refractivity contribution in [3.63, 3.8) is 0 Å². The molecule has 0 aromatic rings. The van der Waals surface area contributed by atoms with Crippen molar-refractivity contribution in [1.82, 2.24) is 25.6 Å². The summed E-state index contributed by atoms with van der Waals surface area (Å²) < 4.78 is 0. The quantitative estimate of drug-likeness (QED) is 0.0670. The molecule has 0 aliphatic carbocycles. The second-order valence-electron chi connectivity index (χ2n) is 9.86. The maximum atomic E-state index is 12.4. The number of aliphatic carboxylic acids is 1. The number of carbonyl (C=O) groups is 6. The predicted molar refractivity (Wildman–Crippen MR) is 190 cm³/mol. The van der Waals surface area contributed by atoms with Gasteiger partial charge in [-0.05, 0) is 39.0 Å². The van der Waals surface area contributed by atoms with Crippen molar-refractivity contribution in [2.24, 2.45) is 15.7 Å². The highest BCUT2D eigenvalue weighted by Gasteiger charge is 2.28. The zero-order valence-corrected chi connectivity index (χ0v) is 30.7. The van der Waals surface area contributed by atoms with E-state index >= 15 is 0 Å². The van der Waals surface area contributed by atoms with Gasteiger partial charge in [0.05, 0.1) is 0 Å². The van der Waals surface area contributed by atoms with Gasteiger partial charge >= 0.3 is 20.1 Å². The van der Waals surface area contributed by atoms with Crippen LogP contribution in [-0.4, -0.2) is 137 Å². The minimum Gasteiger partial charge on any atom is -0.480 e. The van der Waals surface area contributed by atoms with Crippen LogP contribution in [0.15, 0.2) is 9.98 Å². The average molecular weight is 707 g/mol. The maximum absolute atomic E-state index is 12.4. The van der Waals surface area contributed by atoms with Crippen molar-refractivity contribution >= 4 is 83.5 Å². The van der Waals surface area contributed by atoms with Gasteiger partial charge in [0, 0.05) is 53.9 Å². The number of aliphatic imine (C=N–C) groups is 2. The number of amides is 5. The van der Waals surface area contributed by atoms with Crippen molar-refractivity contribution in [1.29, 1.82) is 0 Å². The van der Waals surface area contributed by atoms with E-state index in [1.165, 1.54) is 63.2 Å². The number of hydrogen-bond acceptors (Lipinski definition) is 12. The molecule has 0 saturated carbocycles. The third-order valence-electron chi connectivity index (χ3n) is 5.60. The third-order valence-corrected chi connectivity index (χ3v) is 6.69. The summed E-state index contributed by atoms with van der Waals surface area (Å²) in [5, 5.41) is 35.5. The van der Waals surface area contributed by atoms with Crippen molar-refractivity contribution in [2.75, 3.05) is 39.7 Å². The summed E-state index contributed by atoms with van der Waals surface area (Å²) in [6, 6.07) is -1.81. The summed E-state index contributed by atoms with van der Waals surface area (Å²) in [5.41, 5.74) is 5.17. The highest BCUT2D eigenvalue weighted by atomic mass is 32.2. The fourth-order valence-electron chi connectivity index (χ4n) is 3.12. The number of rotatable bonds is 14. The Morgan fingerprint density at radius 3 is 1.53 bits per heavy atom. The minimum atomic E-state index is -1.08. The number of nitrogens with one attached hydrogen (secondary N) is 3. The Balaban J connectivity index is -0.000000695. The Labute approximate surface area is 287 Å². The van der Waals surface area contributed by atoms with Crippen molar-refractivity contribution in [2.45, 2.75) is 79.1 Å². The number of carboxylic acid groups (broad SMARTS) is 1. The fourth-order valence-corrected chi connectivity index (χ4v) is 3.77. The van der Waals surface area contributed by atoms with Crippen LogP contribution in [0.1, 0.15) is 53.4 Å². The van der Waals surface area contributed by atoms with Crippen molar-refractivity contribution in [3.8, 4) is 0 Å². The average Bonchev–Trinajstić information content (AvgIpc) is 2.96. The zero-order chi connectivity index (χ0) is 37.3. The molecule has 268 valence electrons. The summed E-state index contributed by atoms with van der Waals surface area (Å²) in [4.78, 5) is 77.9. The van der Waals surface area contributed by atoms with Crippen molar-refractivity contribution < 1.29 is 43.9 Å². The van der Waals surface area contributed by atoms with Crippen LogP contribution in [-0.2, 0) is 28.8 Å². The fraction of sp³-hybridized carbons (Fsp3) is 0.692. The molecule has 8 N–H and O–H groups in total. The molecule has 0 heterocycles. The van der Waals surface area contributed by atoms with Gasteiger partial charge in [-0.15, -0.1) is 0 Å². The highest BCUT2D eigenvalue weighted by Crippen LogP contribution is 2.06. The Morgan fingerprint density at radius 2 is 1.23 bits per heavy atom.